The summed E-state index contributed by atoms with van der Waals surface area (Å²) in [5, 5.41) is 0. The molecule has 0 bridgehead atoms. The van der Waals surface area contributed by atoms with E-state index in [4.69, 9.17) is 4.74 Å². The molecule has 110 valence electrons. The maximum Gasteiger partial charge on any atom is 0.410 e. The lowest BCUT2D eigenvalue weighted by Gasteiger charge is -2.21. The van der Waals surface area contributed by atoms with Gasteiger partial charge in [-0.2, -0.15) is 0 Å². The van der Waals surface area contributed by atoms with Crippen LogP contribution in [0.15, 0.2) is 30.3 Å². The number of amides is 1. The van der Waals surface area contributed by atoms with Crippen LogP contribution in [0.25, 0.3) is 0 Å². The van der Waals surface area contributed by atoms with Crippen molar-refractivity contribution in [2.75, 3.05) is 25.2 Å². The molecule has 1 amide bonds. The van der Waals surface area contributed by atoms with Crippen molar-refractivity contribution in [1.29, 1.82) is 0 Å². The van der Waals surface area contributed by atoms with Crippen molar-refractivity contribution in [1.82, 2.24) is 4.90 Å². The van der Waals surface area contributed by atoms with E-state index in [0.717, 1.165) is 16.4 Å². The lowest BCUT2D eigenvalue weighted by molar-refractivity contribution is 0.158. The highest BCUT2D eigenvalue weighted by Gasteiger charge is 2.33. The minimum Gasteiger partial charge on any atom is -0.447 e. The molecule has 1 atom stereocenters. The normalized spacial score (nSPS) is 19.1. The molecule has 0 N–H and O–H groups in total. The van der Waals surface area contributed by atoms with Gasteiger partial charge in [0.1, 0.15) is 6.61 Å². The first-order valence-electron chi connectivity index (χ1n) is 6.30. The van der Waals surface area contributed by atoms with E-state index in [0.29, 0.717) is 25.3 Å². The number of nitrogens with zero attached hydrogens (tertiary/aromatic N) is 1. The summed E-state index contributed by atoms with van der Waals surface area (Å²) >= 11 is 0. The van der Waals surface area contributed by atoms with Crippen LogP contribution in [-0.2, 0) is 13.6 Å². The third kappa shape index (κ3) is 4.14. The summed E-state index contributed by atoms with van der Waals surface area (Å²) < 4.78 is 27.2. The van der Waals surface area contributed by atoms with Crippen LogP contribution >= 0.6 is 10.8 Å². The molecular weight excluding hydrogens is 298 g/mol. The predicted octanol–water partition coefficient (Wildman–Crippen LogP) is 2.26. The molecule has 1 aliphatic heterocycles. The zero-order valence-electron chi connectivity index (χ0n) is 11.2. The second-order valence-corrected chi connectivity index (χ2v) is 9.15. The molecule has 1 aromatic carbocycles. The van der Waals surface area contributed by atoms with Crippen molar-refractivity contribution < 1.29 is 17.9 Å². The van der Waals surface area contributed by atoms with Crippen LogP contribution in [0.1, 0.15) is 18.0 Å². The summed E-state index contributed by atoms with van der Waals surface area (Å²) in [6, 6.07) is 9.63. The van der Waals surface area contributed by atoms with Crippen molar-refractivity contribution in [3.8, 4) is 0 Å². The summed E-state index contributed by atoms with van der Waals surface area (Å²) in [7, 11) is -2.11. The molecule has 0 aromatic heterocycles. The highest BCUT2D eigenvalue weighted by atomic mass is 33.1. The molecule has 0 saturated carbocycles. The summed E-state index contributed by atoms with van der Waals surface area (Å²) in [6.45, 7) is 0.850. The first kappa shape index (κ1) is 15.2. The number of hydrogen-bond acceptors (Lipinski definition) is 5. The lowest BCUT2D eigenvalue weighted by atomic mass is 10.1. The van der Waals surface area contributed by atoms with Gasteiger partial charge in [-0.1, -0.05) is 30.3 Å². The number of carbonyl (C=O) groups excluding carboxylic acids is 1. The topological polar surface area (TPSA) is 63.7 Å². The van der Waals surface area contributed by atoms with E-state index in [2.05, 4.69) is 0 Å². The van der Waals surface area contributed by atoms with Gasteiger partial charge in [-0.15, -0.1) is 0 Å². The molecule has 0 aliphatic carbocycles. The zero-order valence-corrected chi connectivity index (χ0v) is 12.8. The predicted molar refractivity (Wildman–Crippen MR) is 79.2 cm³/mol. The van der Waals surface area contributed by atoms with Crippen molar-refractivity contribution in [3.05, 3.63) is 35.9 Å². The Morgan fingerprint density at radius 3 is 2.70 bits per heavy atom. The summed E-state index contributed by atoms with van der Waals surface area (Å²) in [4.78, 5) is 13.4. The Bertz CT molecular complexity index is 559. The molecule has 2 rings (SSSR count). The van der Waals surface area contributed by atoms with Crippen LogP contribution < -0.4 is 0 Å². The van der Waals surface area contributed by atoms with Crippen LogP contribution in [0.2, 0.25) is 0 Å². The highest BCUT2D eigenvalue weighted by Crippen LogP contribution is 2.27. The molecule has 0 unspecified atom stereocenters. The molecule has 1 heterocycles. The van der Waals surface area contributed by atoms with Gasteiger partial charge in [-0.05, 0) is 22.8 Å². The number of ether oxygens (including phenoxy) is 1. The first-order chi connectivity index (χ1) is 9.47. The van der Waals surface area contributed by atoms with Crippen molar-refractivity contribution in [3.63, 3.8) is 0 Å². The van der Waals surface area contributed by atoms with Gasteiger partial charge < -0.3 is 4.74 Å². The van der Waals surface area contributed by atoms with E-state index >= 15 is 0 Å². The monoisotopic (exact) mass is 315 g/mol. The van der Waals surface area contributed by atoms with Gasteiger partial charge in [-0.3, -0.25) is 4.90 Å². The van der Waals surface area contributed by atoms with Crippen LogP contribution in [0, 0.1) is 0 Å². The van der Waals surface area contributed by atoms with Gasteiger partial charge in [0, 0.05) is 18.6 Å². The minimum atomic E-state index is -3.02. The fourth-order valence-corrected chi connectivity index (χ4v) is 3.91. The number of rotatable bonds is 6. The Kier molecular flexibility index (Phi) is 4.93. The van der Waals surface area contributed by atoms with Gasteiger partial charge in [0.15, 0.2) is 8.87 Å². The van der Waals surface area contributed by atoms with Crippen LogP contribution in [0.3, 0.4) is 0 Å². The molecule has 1 aromatic rings. The molecule has 5 nitrogen and oxygen atoms in total. The van der Waals surface area contributed by atoms with E-state index in [-0.39, 0.29) is 12.1 Å². The Hall–Kier alpha value is -1.21. The molecule has 7 heteroatoms. The molecule has 20 heavy (non-hydrogen) atoms. The van der Waals surface area contributed by atoms with Crippen molar-refractivity contribution in [2.45, 2.75) is 12.5 Å². The lowest BCUT2D eigenvalue weighted by Crippen LogP contribution is -2.29. The minimum absolute atomic E-state index is 0.0769. The molecule has 1 aliphatic rings. The van der Waals surface area contributed by atoms with Gasteiger partial charge in [0.25, 0.3) is 0 Å². The molecule has 1 fully saturated rings. The van der Waals surface area contributed by atoms with Gasteiger partial charge in [0.05, 0.1) is 6.04 Å². The van der Waals surface area contributed by atoms with Gasteiger partial charge in [0.2, 0.25) is 0 Å². The van der Waals surface area contributed by atoms with E-state index in [9.17, 15) is 13.2 Å². The highest BCUT2D eigenvalue weighted by molar-refractivity contribution is 8.71. The Morgan fingerprint density at radius 1 is 1.35 bits per heavy atom. The second kappa shape index (κ2) is 6.49. The SMILES string of the molecule is CS(=O)(=O)SCCCN1C(=O)OC[C@@H]1c1ccccc1. The molecule has 0 radical (unpaired) electrons. The number of hydrogen-bond donors (Lipinski definition) is 0. The summed E-state index contributed by atoms with van der Waals surface area (Å²) in [5.41, 5.74) is 1.04. The van der Waals surface area contributed by atoms with E-state index < -0.39 is 8.87 Å². The fraction of sp³-hybridized carbons (Fsp3) is 0.462. The van der Waals surface area contributed by atoms with Gasteiger partial charge in [-0.25, -0.2) is 13.2 Å². The van der Waals surface area contributed by atoms with Gasteiger partial charge >= 0.3 is 6.09 Å². The average Bonchev–Trinajstić information content (AvgIpc) is 2.76. The average molecular weight is 315 g/mol. The van der Waals surface area contributed by atoms with Crippen molar-refractivity contribution >= 4 is 25.8 Å². The Balaban J connectivity index is 1.93. The fourth-order valence-electron chi connectivity index (χ4n) is 2.09. The van der Waals surface area contributed by atoms with Crippen LogP contribution in [0.4, 0.5) is 4.79 Å². The third-order valence-electron chi connectivity index (χ3n) is 3.00. The van der Waals surface area contributed by atoms with Crippen molar-refractivity contribution in [2.24, 2.45) is 0 Å². The smallest absolute Gasteiger partial charge is 0.410 e. The molecule has 1 saturated heterocycles. The number of carbonyl (C=O) groups is 1. The largest absolute Gasteiger partial charge is 0.447 e. The second-order valence-electron chi connectivity index (χ2n) is 4.58. The zero-order chi connectivity index (χ0) is 14.6. The molecule has 0 spiro atoms. The maximum absolute atomic E-state index is 11.7. The third-order valence-corrected chi connectivity index (χ3v) is 5.67. The van der Waals surface area contributed by atoms with E-state index in [1.165, 1.54) is 6.26 Å². The van der Waals surface area contributed by atoms with Crippen LogP contribution in [-0.4, -0.2) is 44.6 Å². The standard InChI is InChI=1S/C13H17NO4S2/c1-20(16,17)19-9-5-8-14-12(10-18-13(14)15)11-6-3-2-4-7-11/h2-4,6-7,12H,5,8-10H2,1H3/t12-/m1/s1. The van der Waals surface area contributed by atoms with E-state index in [1.54, 1.807) is 4.90 Å². The molecular formula is C13H17NO4S2. The van der Waals surface area contributed by atoms with E-state index in [1.807, 2.05) is 30.3 Å². The number of cyclic esters (lactones) is 1. The Labute approximate surface area is 122 Å². The maximum atomic E-state index is 11.7. The Morgan fingerprint density at radius 2 is 2.05 bits per heavy atom. The summed E-state index contributed by atoms with van der Waals surface area (Å²) in [5.74, 6) is 0.476. The quantitative estimate of drug-likeness (QED) is 0.595. The number of benzene rings is 1. The van der Waals surface area contributed by atoms with Crippen LogP contribution in [0.5, 0.6) is 0 Å². The summed E-state index contributed by atoms with van der Waals surface area (Å²) in [6.07, 6.45) is 1.48. The first-order valence-corrected chi connectivity index (χ1v) is 9.69.